The monoisotopic (exact) mass is 777 g/mol. The molecule has 0 spiro atoms. The summed E-state index contributed by atoms with van der Waals surface area (Å²) in [4.78, 5) is 2.46. The molecule has 0 amide bonds. The fourth-order valence-electron chi connectivity index (χ4n) is 10.00. The van der Waals surface area contributed by atoms with Crippen LogP contribution in [0.1, 0.15) is 36.0 Å². The maximum Gasteiger partial charge on any atom is 0.178 e. The largest absolute Gasteiger partial charge is 0.449 e. The van der Waals surface area contributed by atoms with Crippen molar-refractivity contribution in [2.75, 3.05) is 4.90 Å². The molecule has 3 aliphatic carbocycles. The molecule has 0 N–H and O–H groups in total. The lowest BCUT2D eigenvalue weighted by molar-refractivity contribution is 0.360. The zero-order valence-corrected chi connectivity index (χ0v) is 33.2. The summed E-state index contributed by atoms with van der Waals surface area (Å²) in [5.41, 5.74) is 11.4. The molecule has 4 heteroatoms. The van der Waals surface area contributed by atoms with Crippen molar-refractivity contribution in [1.82, 2.24) is 0 Å². The van der Waals surface area contributed by atoms with Gasteiger partial charge in [0.1, 0.15) is 0 Å². The van der Waals surface area contributed by atoms with Gasteiger partial charge in [-0.05, 0) is 89.1 Å². The molecule has 4 aliphatic rings. The summed E-state index contributed by atoms with van der Waals surface area (Å²) in [5, 5.41) is 2.62. The van der Waals surface area contributed by atoms with E-state index in [1.54, 1.807) is 0 Å². The third kappa shape index (κ3) is 5.26. The smallest absolute Gasteiger partial charge is 0.178 e. The Hall–Kier alpha value is -6.88. The van der Waals surface area contributed by atoms with Crippen LogP contribution in [0.15, 0.2) is 200 Å². The van der Waals surface area contributed by atoms with Crippen molar-refractivity contribution in [3.63, 3.8) is 0 Å². The van der Waals surface area contributed by atoms with Gasteiger partial charge in [-0.1, -0.05) is 152 Å². The molecule has 8 aromatic rings. The zero-order valence-electron chi connectivity index (χ0n) is 32.3. The normalized spacial score (nSPS) is 18.4. The van der Waals surface area contributed by atoms with E-state index in [9.17, 15) is 0 Å². The number of allylic oxidation sites excluding steroid dienone is 6. The van der Waals surface area contributed by atoms with Crippen LogP contribution in [0.5, 0.6) is 23.0 Å². The maximum atomic E-state index is 7.03. The Kier molecular flexibility index (Phi) is 7.89. The number of rotatable bonds is 6. The van der Waals surface area contributed by atoms with Crippen LogP contribution in [0.2, 0.25) is 0 Å². The molecule has 1 aliphatic heterocycles. The van der Waals surface area contributed by atoms with E-state index in [1.165, 1.54) is 59.1 Å². The first kappa shape index (κ1) is 34.2. The molecule has 59 heavy (non-hydrogen) atoms. The van der Waals surface area contributed by atoms with E-state index in [1.807, 2.05) is 11.3 Å². The second-order valence-electron chi connectivity index (χ2n) is 15.8. The van der Waals surface area contributed by atoms with Crippen LogP contribution >= 0.6 is 11.3 Å². The average molecular weight is 778 g/mol. The molecule has 282 valence electrons. The molecule has 2 atom stereocenters. The lowest BCUT2D eigenvalue weighted by Crippen LogP contribution is -2.30. The number of ether oxygens (including phenoxy) is 2. The van der Waals surface area contributed by atoms with Gasteiger partial charge in [-0.25, -0.2) is 0 Å². The molecule has 0 radical (unpaired) electrons. The predicted molar refractivity (Wildman–Crippen MR) is 245 cm³/mol. The molecule has 2 heterocycles. The summed E-state index contributed by atoms with van der Waals surface area (Å²) in [6.45, 7) is 0. The van der Waals surface area contributed by atoms with Crippen LogP contribution in [0.25, 0.3) is 42.4 Å². The number of nitrogens with zero attached hydrogens (tertiary/aromatic N) is 1. The van der Waals surface area contributed by atoms with Gasteiger partial charge in [-0.15, -0.1) is 11.3 Å². The second kappa shape index (κ2) is 13.6. The first-order chi connectivity index (χ1) is 29.3. The number of anilines is 2. The number of hydrogen-bond donors (Lipinski definition) is 0. The fourth-order valence-corrected chi connectivity index (χ4v) is 11.1. The Balaban J connectivity index is 0.971. The van der Waals surface area contributed by atoms with Crippen molar-refractivity contribution < 1.29 is 9.47 Å². The van der Waals surface area contributed by atoms with E-state index < -0.39 is 5.41 Å². The number of thiophene rings is 1. The Morgan fingerprint density at radius 3 is 2.29 bits per heavy atom. The highest BCUT2D eigenvalue weighted by molar-refractivity contribution is 7.25. The standard InChI is InChI=1S/C55H39NO2S/c1-4-16-37(17-5-1)55(38-18-6-2-7-19-38)45-25-13-10-24-44(45)53-46(55)31-33-49-54(53)58-48-32-29-40(35-50(48)57-49)56(39-20-8-3-9-21-39)47-26-14-11-22-41(47)36-28-30-43-42-23-12-15-27-51(42)59-52(43)34-36/h1,3-6,8-20,22-35,39H,2,7,21H2. The van der Waals surface area contributed by atoms with E-state index in [0.717, 1.165) is 47.7 Å². The predicted octanol–water partition coefficient (Wildman–Crippen LogP) is 15.2. The average Bonchev–Trinajstić information content (AvgIpc) is 3.83. The first-order valence-electron chi connectivity index (χ1n) is 20.6. The maximum absolute atomic E-state index is 7.03. The van der Waals surface area contributed by atoms with Crippen LogP contribution < -0.4 is 14.4 Å². The zero-order chi connectivity index (χ0) is 38.9. The van der Waals surface area contributed by atoms with Crippen LogP contribution in [0.4, 0.5) is 11.4 Å². The Bertz CT molecular complexity index is 3110. The summed E-state index contributed by atoms with van der Waals surface area (Å²) < 4.78 is 16.6. The van der Waals surface area contributed by atoms with E-state index in [4.69, 9.17) is 9.47 Å². The Morgan fingerprint density at radius 2 is 1.41 bits per heavy atom. The summed E-state index contributed by atoms with van der Waals surface area (Å²) in [5.74, 6) is 2.92. The third-order valence-electron chi connectivity index (χ3n) is 12.5. The van der Waals surface area contributed by atoms with Gasteiger partial charge in [-0.3, -0.25) is 0 Å². The lowest BCUT2D eigenvalue weighted by Gasteiger charge is -2.36. The van der Waals surface area contributed by atoms with Crippen LogP contribution in [-0.4, -0.2) is 6.04 Å². The topological polar surface area (TPSA) is 21.7 Å². The third-order valence-corrected chi connectivity index (χ3v) is 13.7. The minimum absolute atomic E-state index is 0.109. The lowest BCUT2D eigenvalue weighted by atomic mass is 9.66. The minimum atomic E-state index is -0.468. The first-order valence-corrected chi connectivity index (χ1v) is 21.4. The number of benzene rings is 7. The van der Waals surface area contributed by atoms with Crippen LogP contribution in [0, 0.1) is 0 Å². The number of para-hydroxylation sites is 1. The van der Waals surface area contributed by atoms with Crippen molar-refractivity contribution in [3.05, 3.63) is 216 Å². The molecular weight excluding hydrogens is 739 g/mol. The fraction of sp³-hybridized carbons (Fsp3) is 0.0909. The molecule has 1 aromatic heterocycles. The Labute approximate surface area is 348 Å². The molecule has 12 rings (SSSR count). The van der Waals surface area contributed by atoms with Gasteiger partial charge >= 0.3 is 0 Å². The highest BCUT2D eigenvalue weighted by atomic mass is 32.1. The van der Waals surface area contributed by atoms with Gasteiger partial charge in [-0.2, -0.15) is 0 Å². The summed E-state index contributed by atoms with van der Waals surface area (Å²) in [7, 11) is 0. The second-order valence-corrected chi connectivity index (χ2v) is 16.8. The highest BCUT2D eigenvalue weighted by Crippen LogP contribution is 2.63. The Morgan fingerprint density at radius 1 is 0.593 bits per heavy atom. The minimum Gasteiger partial charge on any atom is -0.449 e. The molecular formula is C55H39NO2S. The molecule has 0 saturated carbocycles. The number of fused-ring (bicyclic) bond motifs is 9. The molecule has 0 bridgehead atoms. The van der Waals surface area contributed by atoms with Crippen LogP contribution in [-0.2, 0) is 5.41 Å². The number of hydrogen-bond acceptors (Lipinski definition) is 4. The van der Waals surface area contributed by atoms with E-state index in [0.29, 0.717) is 11.5 Å². The van der Waals surface area contributed by atoms with E-state index >= 15 is 0 Å². The van der Waals surface area contributed by atoms with E-state index in [2.05, 4.69) is 199 Å². The van der Waals surface area contributed by atoms with Crippen molar-refractivity contribution in [3.8, 4) is 45.3 Å². The molecule has 3 nitrogen and oxygen atoms in total. The molecule has 2 unspecified atom stereocenters. The van der Waals surface area contributed by atoms with Crippen LogP contribution in [0.3, 0.4) is 0 Å². The van der Waals surface area contributed by atoms with Crippen molar-refractivity contribution in [1.29, 1.82) is 0 Å². The quantitative estimate of drug-likeness (QED) is 0.168. The van der Waals surface area contributed by atoms with Crippen molar-refractivity contribution in [2.45, 2.75) is 30.7 Å². The summed E-state index contributed by atoms with van der Waals surface area (Å²) in [6.07, 6.45) is 18.9. The molecule has 0 fully saturated rings. The van der Waals surface area contributed by atoms with Gasteiger partial charge in [0.2, 0.25) is 0 Å². The van der Waals surface area contributed by atoms with Gasteiger partial charge in [0.15, 0.2) is 23.0 Å². The molecule has 0 saturated heterocycles. The summed E-state index contributed by atoms with van der Waals surface area (Å²) in [6, 6.07) is 55.1. The van der Waals surface area contributed by atoms with Gasteiger partial charge in [0.05, 0.1) is 11.5 Å². The van der Waals surface area contributed by atoms with Gasteiger partial charge in [0.25, 0.3) is 0 Å². The van der Waals surface area contributed by atoms with Crippen molar-refractivity contribution >= 4 is 42.9 Å². The van der Waals surface area contributed by atoms with Gasteiger partial charge < -0.3 is 14.4 Å². The SMILES string of the molecule is C1=CCC(N(c2ccc3c(c2)Oc2ccc4c(c2O3)-c2ccccc2C4(C2=CCCC=C2)c2ccccc2)c2ccccc2-c2ccc3c(c2)sc2ccccc23)C=C1. The van der Waals surface area contributed by atoms with E-state index in [-0.39, 0.29) is 6.04 Å². The highest BCUT2D eigenvalue weighted by Gasteiger charge is 2.49. The van der Waals surface area contributed by atoms with Gasteiger partial charge in [0, 0.05) is 48.7 Å². The molecule has 7 aromatic carbocycles. The van der Waals surface area contributed by atoms with Crippen molar-refractivity contribution in [2.24, 2.45) is 0 Å². The summed E-state index contributed by atoms with van der Waals surface area (Å²) >= 11 is 1.86.